The van der Waals surface area contributed by atoms with E-state index in [-0.39, 0.29) is 6.03 Å². The zero-order valence-electron chi connectivity index (χ0n) is 14.9. The summed E-state index contributed by atoms with van der Waals surface area (Å²) in [5, 5.41) is 3.05. The average Bonchev–Trinajstić information content (AvgIpc) is 2.51. The van der Waals surface area contributed by atoms with E-state index in [0.717, 1.165) is 50.5 Å². The van der Waals surface area contributed by atoms with E-state index in [1.165, 1.54) is 0 Å². The minimum atomic E-state index is 0.0189. The molecule has 1 aliphatic rings. The zero-order chi connectivity index (χ0) is 16.8. The summed E-state index contributed by atoms with van der Waals surface area (Å²) in [6, 6.07) is 8.22. The lowest BCUT2D eigenvalue weighted by atomic mass is 10.1. The molecule has 0 atom stereocenters. The standard InChI is InChI=1S/C18H30N4O/c1-15(2)9-10-19-18(23)22-14-13-21(12-11-20(3)4)16-7-5-6-8-17(16)22/h5-8,15H,9-14H2,1-4H3,(H,19,23). The molecule has 23 heavy (non-hydrogen) atoms. The van der Waals surface area contributed by atoms with E-state index in [1.54, 1.807) is 0 Å². The number of likely N-dealkylation sites (N-methyl/N-ethyl adjacent to an activating group) is 1. The van der Waals surface area contributed by atoms with Gasteiger partial charge < -0.3 is 15.1 Å². The van der Waals surface area contributed by atoms with Gasteiger partial charge >= 0.3 is 6.03 Å². The number of rotatable bonds is 6. The van der Waals surface area contributed by atoms with E-state index in [9.17, 15) is 4.79 Å². The van der Waals surface area contributed by atoms with Gasteiger partial charge in [0, 0.05) is 32.7 Å². The van der Waals surface area contributed by atoms with Gasteiger partial charge in [0.25, 0.3) is 0 Å². The van der Waals surface area contributed by atoms with Crippen molar-refractivity contribution < 1.29 is 4.79 Å². The van der Waals surface area contributed by atoms with Crippen molar-refractivity contribution in [1.82, 2.24) is 10.2 Å². The third-order valence-electron chi connectivity index (χ3n) is 4.17. The third-order valence-corrected chi connectivity index (χ3v) is 4.17. The number of carbonyl (C=O) groups is 1. The van der Waals surface area contributed by atoms with Crippen LogP contribution in [-0.2, 0) is 0 Å². The van der Waals surface area contributed by atoms with Crippen LogP contribution in [0.3, 0.4) is 0 Å². The molecule has 1 heterocycles. The van der Waals surface area contributed by atoms with Crippen LogP contribution in [0.5, 0.6) is 0 Å². The van der Waals surface area contributed by atoms with Gasteiger partial charge in [-0.1, -0.05) is 26.0 Å². The number of anilines is 2. The summed E-state index contributed by atoms with van der Waals surface area (Å²) in [4.78, 5) is 18.9. The molecule has 0 radical (unpaired) electrons. The molecule has 0 saturated heterocycles. The fraction of sp³-hybridized carbons (Fsp3) is 0.611. The van der Waals surface area contributed by atoms with Crippen LogP contribution in [0.2, 0.25) is 0 Å². The first-order valence-electron chi connectivity index (χ1n) is 8.53. The Morgan fingerprint density at radius 1 is 1.22 bits per heavy atom. The number of nitrogens with one attached hydrogen (secondary N) is 1. The molecule has 0 aromatic heterocycles. The van der Waals surface area contributed by atoms with Gasteiger partial charge in [-0.15, -0.1) is 0 Å². The van der Waals surface area contributed by atoms with Gasteiger partial charge in [0.15, 0.2) is 0 Å². The van der Waals surface area contributed by atoms with E-state index < -0.39 is 0 Å². The van der Waals surface area contributed by atoms with Gasteiger partial charge in [0.05, 0.1) is 11.4 Å². The van der Waals surface area contributed by atoms with Gasteiger partial charge in [-0.05, 0) is 38.6 Å². The quantitative estimate of drug-likeness (QED) is 0.876. The Hall–Kier alpha value is -1.75. The van der Waals surface area contributed by atoms with Crippen LogP contribution >= 0.6 is 0 Å². The number of nitrogens with zero attached hydrogens (tertiary/aromatic N) is 3. The molecule has 1 aliphatic heterocycles. The fourth-order valence-electron chi connectivity index (χ4n) is 2.75. The normalized spacial score (nSPS) is 14.3. The monoisotopic (exact) mass is 318 g/mol. The molecule has 0 aliphatic carbocycles. The second kappa shape index (κ2) is 8.20. The molecule has 128 valence electrons. The number of fused-ring (bicyclic) bond motifs is 1. The largest absolute Gasteiger partial charge is 0.367 e. The molecular formula is C18H30N4O. The third kappa shape index (κ3) is 4.86. The highest BCUT2D eigenvalue weighted by Crippen LogP contribution is 2.32. The first-order chi connectivity index (χ1) is 11.0. The molecule has 0 fully saturated rings. The van der Waals surface area contributed by atoms with Crippen molar-refractivity contribution in [2.24, 2.45) is 5.92 Å². The zero-order valence-corrected chi connectivity index (χ0v) is 14.9. The Kier molecular flexibility index (Phi) is 6.28. The summed E-state index contributed by atoms with van der Waals surface area (Å²) in [6.45, 7) is 8.68. The maximum absolute atomic E-state index is 12.5. The maximum Gasteiger partial charge on any atom is 0.322 e. The SMILES string of the molecule is CC(C)CCNC(=O)N1CCN(CCN(C)C)c2ccccc21. The number of urea groups is 1. The average molecular weight is 318 g/mol. The Balaban J connectivity index is 2.05. The summed E-state index contributed by atoms with van der Waals surface area (Å²) in [5.74, 6) is 0.602. The van der Waals surface area contributed by atoms with Crippen LogP contribution < -0.4 is 15.1 Å². The fourth-order valence-corrected chi connectivity index (χ4v) is 2.75. The molecule has 1 aromatic carbocycles. The molecule has 0 bridgehead atoms. The van der Waals surface area contributed by atoms with Crippen LogP contribution in [0.1, 0.15) is 20.3 Å². The van der Waals surface area contributed by atoms with Gasteiger partial charge in [-0.25, -0.2) is 4.79 Å². The predicted octanol–water partition coefficient (Wildman–Crippen LogP) is 2.63. The van der Waals surface area contributed by atoms with Gasteiger partial charge in [0.2, 0.25) is 0 Å². The summed E-state index contributed by atoms with van der Waals surface area (Å²) in [7, 11) is 4.18. The van der Waals surface area contributed by atoms with E-state index in [2.05, 4.69) is 49.1 Å². The molecule has 2 amide bonds. The Morgan fingerprint density at radius 2 is 1.91 bits per heavy atom. The predicted molar refractivity (Wildman–Crippen MR) is 97.4 cm³/mol. The van der Waals surface area contributed by atoms with E-state index >= 15 is 0 Å². The highest BCUT2D eigenvalue weighted by Gasteiger charge is 2.26. The first kappa shape index (κ1) is 17.6. The summed E-state index contributed by atoms with van der Waals surface area (Å²) in [6.07, 6.45) is 1.01. The van der Waals surface area contributed by atoms with Crippen LogP contribution in [0.25, 0.3) is 0 Å². The lowest BCUT2D eigenvalue weighted by Gasteiger charge is -2.38. The molecule has 1 N–H and O–H groups in total. The van der Waals surface area contributed by atoms with Crippen molar-refractivity contribution in [3.8, 4) is 0 Å². The second-order valence-corrected chi connectivity index (χ2v) is 6.85. The highest BCUT2D eigenvalue weighted by atomic mass is 16.2. The summed E-state index contributed by atoms with van der Waals surface area (Å²) in [5.41, 5.74) is 2.17. The number of carbonyl (C=O) groups excluding carboxylic acids is 1. The topological polar surface area (TPSA) is 38.8 Å². The minimum absolute atomic E-state index is 0.0189. The summed E-state index contributed by atoms with van der Waals surface area (Å²) < 4.78 is 0. The molecule has 0 saturated carbocycles. The molecule has 0 unspecified atom stereocenters. The van der Waals surface area contributed by atoms with E-state index in [0.29, 0.717) is 5.92 Å². The second-order valence-electron chi connectivity index (χ2n) is 6.85. The molecule has 2 rings (SSSR count). The molecule has 5 nitrogen and oxygen atoms in total. The number of hydrogen-bond donors (Lipinski definition) is 1. The highest BCUT2D eigenvalue weighted by molar-refractivity contribution is 5.96. The maximum atomic E-state index is 12.5. The smallest absolute Gasteiger partial charge is 0.322 e. The van der Waals surface area contributed by atoms with Crippen molar-refractivity contribution in [3.05, 3.63) is 24.3 Å². The van der Waals surface area contributed by atoms with Crippen LogP contribution in [-0.4, -0.2) is 57.8 Å². The molecule has 0 spiro atoms. The molecule has 5 heteroatoms. The lowest BCUT2D eigenvalue weighted by molar-refractivity contribution is 0.245. The Labute approximate surface area is 140 Å². The van der Waals surface area contributed by atoms with Gasteiger partial charge in [-0.3, -0.25) is 4.90 Å². The minimum Gasteiger partial charge on any atom is -0.367 e. The molecular weight excluding hydrogens is 288 g/mol. The van der Waals surface area contributed by atoms with Crippen molar-refractivity contribution in [2.75, 3.05) is 56.6 Å². The van der Waals surface area contributed by atoms with Crippen LogP contribution in [0.4, 0.5) is 16.2 Å². The Bertz CT molecular complexity index is 515. The number of hydrogen-bond acceptors (Lipinski definition) is 3. The van der Waals surface area contributed by atoms with Crippen molar-refractivity contribution in [2.45, 2.75) is 20.3 Å². The Morgan fingerprint density at radius 3 is 2.57 bits per heavy atom. The van der Waals surface area contributed by atoms with Gasteiger partial charge in [0.1, 0.15) is 0 Å². The number of amides is 2. The number of para-hydroxylation sites is 2. The van der Waals surface area contributed by atoms with E-state index in [4.69, 9.17) is 0 Å². The van der Waals surface area contributed by atoms with E-state index in [1.807, 2.05) is 23.1 Å². The number of benzene rings is 1. The molecule has 1 aromatic rings. The summed E-state index contributed by atoms with van der Waals surface area (Å²) >= 11 is 0. The lowest BCUT2D eigenvalue weighted by Crippen LogP contribution is -2.49. The van der Waals surface area contributed by atoms with Crippen molar-refractivity contribution in [3.63, 3.8) is 0 Å². The first-order valence-corrected chi connectivity index (χ1v) is 8.53. The van der Waals surface area contributed by atoms with Crippen LogP contribution in [0, 0.1) is 5.92 Å². The van der Waals surface area contributed by atoms with Gasteiger partial charge in [-0.2, -0.15) is 0 Å². The van der Waals surface area contributed by atoms with Crippen LogP contribution in [0.15, 0.2) is 24.3 Å². The van der Waals surface area contributed by atoms with Crippen molar-refractivity contribution in [1.29, 1.82) is 0 Å². The van der Waals surface area contributed by atoms with Crippen molar-refractivity contribution >= 4 is 17.4 Å².